The minimum Gasteiger partial charge on any atom is -0.459 e. The maximum absolute atomic E-state index is 11.6. The van der Waals surface area contributed by atoms with Crippen molar-refractivity contribution < 1.29 is 14.3 Å². The number of carbonyl (C=O) groups excluding carboxylic acids is 2. The van der Waals surface area contributed by atoms with Crippen molar-refractivity contribution in [2.75, 3.05) is 5.32 Å². The Morgan fingerprint density at radius 2 is 2.26 bits per heavy atom. The summed E-state index contributed by atoms with van der Waals surface area (Å²) in [5, 5.41) is 8.68. The molecule has 0 saturated heterocycles. The second-order valence-electron chi connectivity index (χ2n) is 3.79. The molecule has 0 bridgehead atoms. The molecule has 0 radical (unpaired) electrons. The first-order valence-electron chi connectivity index (χ1n) is 5.52. The van der Waals surface area contributed by atoms with Crippen molar-refractivity contribution in [1.29, 1.82) is 0 Å². The summed E-state index contributed by atoms with van der Waals surface area (Å²) >= 11 is 2.85. The van der Waals surface area contributed by atoms with Crippen LogP contribution in [-0.4, -0.2) is 16.9 Å². The SMILES string of the molecule is CC(=O)Nc1nc(COC(=O)Cc2ccsc2)cs1. The van der Waals surface area contributed by atoms with Gasteiger partial charge in [0.15, 0.2) is 5.13 Å². The number of anilines is 1. The van der Waals surface area contributed by atoms with E-state index in [9.17, 15) is 9.59 Å². The second-order valence-corrected chi connectivity index (χ2v) is 5.43. The maximum atomic E-state index is 11.6. The van der Waals surface area contributed by atoms with E-state index in [0.29, 0.717) is 10.8 Å². The minimum atomic E-state index is -0.285. The van der Waals surface area contributed by atoms with E-state index < -0.39 is 0 Å². The van der Waals surface area contributed by atoms with Crippen LogP contribution in [0, 0.1) is 0 Å². The van der Waals surface area contributed by atoms with Gasteiger partial charge in [-0.3, -0.25) is 9.59 Å². The summed E-state index contributed by atoms with van der Waals surface area (Å²) in [6.07, 6.45) is 0.270. The van der Waals surface area contributed by atoms with Crippen LogP contribution in [0.5, 0.6) is 0 Å². The number of hydrogen-bond donors (Lipinski definition) is 1. The van der Waals surface area contributed by atoms with E-state index in [1.165, 1.54) is 18.3 Å². The fraction of sp³-hybridized carbons (Fsp3) is 0.250. The van der Waals surface area contributed by atoms with Gasteiger partial charge in [0, 0.05) is 12.3 Å². The fourth-order valence-corrected chi connectivity index (χ4v) is 2.76. The molecule has 0 aromatic carbocycles. The molecule has 0 atom stereocenters. The summed E-state index contributed by atoms with van der Waals surface area (Å²) in [6, 6.07) is 1.89. The van der Waals surface area contributed by atoms with Crippen molar-refractivity contribution in [1.82, 2.24) is 4.98 Å². The van der Waals surface area contributed by atoms with E-state index in [0.717, 1.165) is 5.56 Å². The molecular weight excluding hydrogens is 284 g/mol. The van der Waals surface area contributed by atoms with Crippen LogP contribution in [0.1, 0.15) is 18.2 Å². The predicted octanol–water partition coefficient (Wildman–Crippen LogP) is 2.45. The number of aromatic nitrogens is 1. The summed E-state index contributed by atoms with van der Waals surface area (Å²) in [7, 11) is 0. The lowest BCUT2D eigenvalue weighted by Crippen LogP contribution is -2.08. The van der Waals surface area contributed by atoms with Crippen molar-refractivity contribution in [2.24, 2.45) is 0 Å². The standard InChI is InChI=1S/C12H12N2O3S2/c1-8(15)13-12-14-10(7-19-12)5-17-11(16)4-9-2-3-18-6-9/h2-3,6-7H,4-5H2,1H3,(H,13,14,15). The molecule has 100 valence electrons. The highest BCUT2D eigenvalue weighted by Gasteiger charge is 2.08. The number of nitrogens with zero attached hydrogens (tertiary/aromatic N) is 1. The first-order valence-corrected chi connectivity index (χ1v) is 7.34. The van der Waals surface area contributed by atoms with Gasteiger partial charge in [-0.15, -0.1) is 11.3 Å². The molecule has 0 aliphatic heterocycles. The van der Waals surface area contributed by atoms with E-state index in [1.54, 1.807) is 16.7 Å². The molecule has 2 aromatic heterocycles. The van der Waals surface area contributed by atoms with Gasteiger partial charge in [-0.1, -0.05) is 0 Å². The molecule has 19 heavy (non-hydrogen) atoms. The first kappa shape index (κ1) is 13.7. The normalized spacial score (nSPS) is 10.2. The van der Waals surface area contributed by atoms with Crippen LogP contribution < -0.4 is 5.32 Å². The minimum absolute atomic E-state index is 0.124. The number of hydrogen-bond acceptors (Lipinski definition) is 6. The number of ether oxygens (including phenoxy) is 1. The summed E-state index contributed by atoms with van der Waals surface area (Å²) in [6.45, 7) is 1.54. The van der Waals surface area contributed by atoms with Gasteiger partial charge in [0.25, 0.3) is 0 Å². The summed E-state index contributed by atoms with van der Waals surface area (Å²) in [5.41, 5.74) is 1.58. The average Bonchev–Trinajstić information content (AvgIpc) is 2.97. The van der Waals surface area contributed by atoms with Gasteiger partial charge in [-0.2, -0.15) is 11.3 Å². The summed E-state index contributed by atoms with van der Waals surface area (Å²) < 4.78 is 5.12. The molecule has 0 unspecified atom stereocenters. The number of nitrogens with one attached hydrogen (secondary N) is 1. The van der Waals surface area contributed by atoms with E-state index in [4.69, 9.17) is 4.74 Å². The van der Waals surface area contributed by atoms with Crippen LogP contribution in [0.3, 0.4) is 0 Å². The van der Waals surface area contributed by atoms with Crippen LogP contribution in [-0.2, 0) is 27.4 Å². The summed E-state index contributed by atoms with van der Waals surface area (Å²) in [5.74, 6) is -0.456. The molecular formula is C12H12N2O3S2. The molecule has 2 rings (SSSR count). The molecule has 0 aliphatic rings. The molecule has 7 heteroatoms. The molecule has 5 nitrogen and oxygen atoms in total. The number of thiazole rings is 1. The monoisotopic (exact) mass is 296 g/mol. The zero-order chi connectivity index (χ0) is 13.7. The van der Waals surface area contributed by atoms with E-state index in [2.05, 4.69) is 10.3 Å². The van der Waals surface area contributed by atoms with E-state index in [-0.39, 0.29) is 24.9 Å². The zero-order valence-electron chi connectivity index (χ0n) is 10.2. The van der Waals surface area contributed by atoms with Crippen LogP contribution >= 0.6 is 22.7 Å². The van der Waals surface area contributed by atoms with Gasteiger partial charge in [0.05, 0.1) is 12.1 Å². The van der Waals surface area contributed by atoms with Gasteiger partial charge < -0.3 is 10.1 Å². The van der Waals surface area contributed by atoms with E-state index in [1.807, 2.05) is 16.8 Å². The number of rotatable bonds is 5. The highest BCUT2D eigenvalue weighted by molar-refractivity contribution is 7.13. The van der Waals surface area contributed by atoms with Crippen molar-refractivity contribution in [3.8, 4) is 0 Å². The average molecular weight is 296 g/mol. The Morgan fingerprint density at radius 3 is 2.95 bits per heavy atom. The Balaban J connectivity index is 1.80. The third kappa shape index (κ3) is 4.46. The summed E-state index contributed by atoms with van der Waals surface area (Å²) in [4.78, 5) is 26.5. The maximum Gasteiger partial charge on any atom is 0.310 e. The number of thiophene rings is 1. The lowest BCUT2D eigenvalue weighted by atomic mass is 10.2. The van der Waals surface area contributed by atoms with Crippen LogP contribution in [0.2, 0.25) is 0 Å². The first-order chi connectivity index (χ1) is 9.13. The Labute approximate surface area is 118 Å². The second kappa shape index (κ2) is 6.44. The number of carbonyl (C=O) groups is 2. The molecule has 0 spiro atoms. The van der Waals surface area contributed by atoms with Gasteiger partial charge in [0.2, 0.25) is 5.91 Å². The highest BCUT2D eigenvalue weighted by Crippen LogP contribution is 2.16. The smallest absolute Gasteiger partial charge is 0.310 e. The van der Waals surface area contributed by atoms with Gasteiger partial charge >= 0.3 is 5.97 Å². The number of esters is 1. The Morgan fingerprint density at radius 1 is 1.42 bits per heavy atom. The highest BCUT2D eigenvalue weighted by atomic mass is 32.1. The predicted molar refractivity (Wildman–Crippen MR) is 74.2 cm³/mol. The topological polar surface area (TPSA) is 68.3 Å². The third-order valence-corrected chi connectivity index (χ3v) is 3.68. The fourth-order valence-electron chi connectivity index (χ4n) is 1.35. The lowest BCUT2D eigenvalue weighted by Gasteiger charge is -2.01. The van der Waals surface area contributed by atoms with E-state index >= 15 is 0 Å². The molecule has 2 heterocycles. The zero-order valence-corrected chi connectivity index (χ0v) is 11.8. The van der Waals surface area contributed by atoms with Crippen LogP contribution in [0.15, 0.2) is 22.2 Å². The van der Waals surface area contributed by atoms with Crippen molar-refractivity contribution >= 4 is 39.7 Å². The number of amides is 1. The largest absolute Gasteiger partial charge is 0.459 e. The van der Waals surface area contributed by atoms with Crippen LogP contribution in [0.25, 0.3) is 0 Å². The van der Waals surface area contributed by atoms with Gasteiger partial charge in [0.1, 0.15) is 6.61 Å². The van der Waals surface area contributed by atoms with Crippen molar-refractivity contribution in [2.45, 2.75) is 20.0 Å². The van der Waals surface area contributed by atoms with Gasteiger partial charge in [-0.05, 0) is 22.4 Å². The molecule has 0 fully saturated rings. The Hall–Kier alpha value is -1.73. The third-order valence-electron chi connectivity index (χ3n) is 2.14. The molecule has 1 N–H and O–H groups in total. The molecule has 2 aromatic rings. The van der Waals surface area contributed by atoms with Crippen molar-refractivity contribution in [3.63, 3.8) is 0 Å². The quantitative estimate of drug-likeness (QED) is 0.861. The molecule has 0 aliphatic carbocycles. The molecule has 0 saturated carbocycles. The molecule has 1 amide bonds. The van der Waals surface area contributed by atoms with Crippen LogP contribution in [0.4, 0.5) is 5.13 Å². The Kier molecular flexibility index (Phi) is 4.64. The van der Waals surface area contributed by atoms with Crippen molar-refractivity contribution in [3.05, 3.63) is 33.5 Å². The Bertz CT molecular complexity index is 563. The van der Waals surface area contributed by atoms with Gasteiger partial charge in [-0.25, -0.2) is 4.98 Å². The lowest BCUT2D eigenvalue weighted by molar-refractivity contribution is -0.144.